The summed E-state index contributed by atoms with van der Waals surface area (Å²) >= 11 is 6.09. The van der Waals surface area contributed by atoms with E-state index in [4.69, 9.17) is 21.2 Å². The molecule has 1 aliphatic rings. The molecule has 0 N–H and O–H groups in total. The summed E-state index contributed by atoms with van der Waals surface area (Å²) in [6.07, 6.45) is -0.575. The summed E-state index contributed by atoms with van der Waals surface area (Å²) in [7, 11) is 0. The quantitative estimate of drug-likeness (QED) is 0.822. The van der Waals surface area contributed by atoms with Crippen LogP contribution < -0.4 is 0 Å². The first-order valence-corrected chi connectivity index (χ1v) is 5.93. The van der Waals surface area contributed by atoms with Crippen LogP contribution in [0.1, 0.15) is 17.4 Å². The lowest BCUT2D eigenvalue weighted by atomic mass is 10.2. The first kappa shape index (κ1) is 11.1. The van der Waals surface area contributed by atoms with Crippen LogP contribution in [0, 0.1) is 0 Å². The second-order valence-electron chi connectivity index (χ2n) is 3.84. The van der Waals surface area contributed by atoms with Crippen molar-refractivity contribution < 1.29 is 9.57 Å². The van der Waals surface area contributed by atoms with Crippen molar-refractivity contribution in [3.63, 3.8) is 0 Å². The molecular weight excluding hydrogens is 250 g/mol. The number of ether oxygens (including phenoxy) is 1. The average molecular weight is 260 g/mol. The summed E-state index contributed by atoms with van der Waals surface area (Å²) in [5.74, 6) is 0.473. The van der Waals surface area contributed by atoms with Gasteiger partial charge in [-0.05, 0) is 29.4 Å². The second-order valence-corrected chi connectivity index (χ2v) is 4.25. The van der Waals surface area contributed by atoms with Crippen molar-refractivity contribution in [3.05, 3.63) is 70.7 Å². The van der Waals surface area contributed by atoms with Crippen molar-refractivity contribution in [2.24, 2.45) is 5.16 Å². The van der Waals surface area contributed by atoms with Gasteiger partial charge in [0.2, 0.25) is 0 Å². The molecule has 0 aromatic heterocycles. The highest BCUT2D eigenvalue weighted by molar-refractivity contribution is 6.31. The normalized spacial score (nSPS) is 17.8. The Labute approximate surface area is 110 Å². The summed E-state index contributed by atoms with van der Waals surface area (Å²) in [6, 6.07) is 17.0. The van der Waals surface area contributed by atoms with Gasteiger partial charge in [-0.15, -0.1) is 0 Å². The molecule has 1 heterocycles. The van der Waals surface area contributed by atoms with Gasteiger partial charge in [-0.25, -0.2) is 0 Å². The summed E-state index contributed by atoms with van der Waals surface area (Å²) in [5.41, 5.74) is 1.65. The van der Waals surface area contributed by atoms with Crippen LogP contribution in [0.2, 0.25) is 5.02 Å². The van der Waals surface area contributed by atoms with Crippen LogP contribution in [0.25, 0.3) is 0 Å². The van der Waals surface area contributed by atoms with E-state index in [0.29, 0.717) is 10.9 Å². The minimum absolute atomic E-state index is 0.473. The van der Waals surface area contributed by atoms with E-state index in [9.17, 15) is 0 Å². The molecule has 1 aliphatic heterocycles. The molecular formula is C14H10ClNO2. The van der Waals surface area contributed by atoms with Gasteiger partial charge in [0.1, 0.15) is 0 Å². The van der Waals surface area contributed by atoms with E-state index in [1.807, 2.05) is 48.5 Å². The van der Waals surface area contributed by atoms with Crippen LogP contribution in [0.15, 0.2) is 59.8 Å². The van der Waals surface area contributed by atoms with Crippen LogP contribution in [0.4, 0.5) is 0 Å². The highest BCUT2D eigenvalue weighted by Crippen LogP contribution is 2.31. The zero-order chi connectivity index (χ0) is 12.4. The smallest absolute Gasteiger partial charge is 0.295 e. The Morgan fingerprint density at radius 2 is 1.67 bits per heavy atom. The molecule has 0 aliphatic carbocycles. The van der Waals surface area contributed by atoms with Crippen LogP contribution in [0.5, 0.6) is 0 Å². The van der Waals surface area contributed by atoms with Gasteiger partial charge >= 0.3 is 0 Å². The third kappa shape index (κ3) is 2.05. The molecule has 18 heavy (non-hydrogen) atoms. The number of hydrogen-bond donors (Lipinski definition) is 0. The number of rotatable bonds is 2. The maximum Gasteiger partial charge on any atom is 0.295 e. The molecule has 0 bridgehead atoms. The first-order valence-electron chi connectivity index (χ1n) is 5.55. The van der Waals surface area contributed by atoms with E-state index in [0.717, 1.165) is 11.1 Å². The molecule has 0 radical (unpaired) electrons. The molecule has 3 rings (SSSR count). The van der Waals surface area contributed by atoms with Gasteiger partial charge in [0.05, 0.1) is 10.6 Å². The molecule has 0 spiro atoms. The molecule has 2 aromatic carbocycles. The van der Waals surface area contributed by atoms with Gasteiger partial charge < -0.3 is 9.57 Å². The standard InChI is InChI=1S/C14H10ClNO2/c15-12-9-5-4-8-11(12)14-17-13(16-18-14)10-6-2-1-3-7-10/h1-9,14H. The lowest BCUT2D eigenvalue weighted by Gasteiger charge is -2.10. The first-order chi connectivity index (χ1) is 8.84. The Bertz CT molecular complexity index is 583. The lowest BCUT2D eigenvalue weighted by molar-refractivity contribution is -0.0497. The topological polar surface area (TPSA) is 30.8 Å². The fraction of sp³-hybridized carbons (Fsp3) is 0.0714. The molecule has 3 nitrogen and oxygen atoms in total. The third-order valence-corrected chi connectivity index (χ3v) is 2.97. The number of nitrogens with zero attached hydrogens (tertiary/aromatic N) is 1. The maximum absolute atomic E-state index is 6.09. The SMILES string of the molecule is Clc1ccccc1C1ON=C(c2ccccc2)O1. The van der Waals surface area contributed by atoms with Crippen molar-refractivity contribution >= 4 is 17.5 Å². The predicted octanol–water partition coefficient (Wildman–Crippen LogP) is 3.75. The second kappa shape index (κ2) is 4.70. The number of halogens is 1. The lowest BCUT2D eigenvalue weighted by Crippen LogP contribution is -2.05. The van der Waals surface area contributed by atoms with E-state index >= 15 is 0 Å². The fourth-order valence-corrected chi connectivity index (χ4v) is 1.95. The minimum atomic E-state index is -0.575. The third-order valence-electron chi connectivity index (χ3n) is 2.63. The molecule has 90 valence electrons. The molecule has 0 fully saturated rings. The highest BCUT2D eigenvalue weighted by Gasteiger charge is 2.26. The summed E-state index contributed by atoms with van der Waals surface area (Å²) in [5, 5.41) is 4.54. The van der Waals surface area contributed by atoms with Crippen molar-refractivity contribution in [2.75, 3.05) is 0 Å². The van der Waals surface area contributed by atoms with E-state index in [1.165, 1.54) is 0 Å². The van der Waals surface area contributed by atoms with E-state index in [-0.39, 0.29) is 0 Å². The van der Waals surface area contributed by atoms with Crippen LogP contribution >= 0.6 is 11.6 Å². The van der Waals surface area contributed by atoms with Crippen LogP contribution in [-0.2, 0) is 9.57 Å². The molecule has 0 saturated carbocycles. The summed E-state index contributed by atoms with van der Waals surface area (Å²) in [6.45, 7) is 0. The molecule has 1 atom stereocenters. The maximum atomic E-state index is 6.09. The van der Waals surface area contributed by atoms with Gasteiger partial charge in [0, 0.05) is 5.56 Å². The van der Waals surface area contributed by atoms with Gasteiger partial charge in [0.15, 0.2) is 0 Å². The summed E-state index contributed by atoms with van der Waals surface area (Å²) in [4.78, 5) is 5.27. The van der Waals surface area contributed by atoms with Crippen molar-refractivity contribution in [2.45, 2.75) is 6.29 Å². The van der Waals surface area contributed by atoms with Crippen LogP contribution in [0.3, 0.4) is 0 Å². The molecule has 0 saturated heterocycles. The molecule has 1 unspecified atom stereocenters. The Kier molecular flexibility index (Phi) is 2.90. The van der Waals surface area contributed by atoms with Gasteiger partial charge in [-0.3, -0.25) is 0 Å². The zero-order valence-electron chi connectivity index (χ0n) is 9.42. The summed E-state index contributed by atoms with van der Waals surface area (Å²) < 4.78 is 5.66. The molecule has 2 aromatic rings. The molecule has 4 heteroatoms. The van der Waals surface area contributed by atoms with Gasteiger partial charge in [-0.1, -0.05) is 41.9 Å². The van der Waals surface area contributed by atoms with E-state index < -0.39 is 6.29 Å². The highest BCUT2D eigenvalue weighted by atomic mass is 35.5. The Morgan fingerprint density at radius 3 is 2.44 bits per heavy atom. The minimum Gasteiger partial charge on any atom is -0.428 e. The average Bonchev–Trinajstić information content (AvgIpc) is 2.90. The largest absolute Gasteiger partial charge is 0.428 e. The molecule has 0 amide bonds. The van der Waals surface area contributed by atoms with Crippen molar-refractivity contribution in [1.82, 2.24) is 0 Å². The Balaban J connectivity index is 1.81. The van der Waals surface area contributed by atoms with Crippen molar-refractivity contribution in [1.29, 1.82) is 0 Å². The number of hydrogen-bond acceptors (Lipinski definition) is 3. The number of oxime groups is 1. The van der Waals surface area contributed by atoms with E-state index in [2.05, 4.69) is 5.16 Å². The predicted molar refractivity (Wildman–Crippen MR) is 69.3 cm³/mol. The number of benzene rings is 2. The van der Waals surface area contributed by atoms with Crippen LogP contribution in [-0.4, -0.2) is 5.90 Å². The zero-order valence-corrected chi connectivity index (χ0v) is 10.2. The monoisotopic (exact) mass is 259 g/mol. The van der Waals surface area contributed by atoms with E-state index in [1.54, 1.807) is 6.07 Å². The van der Waals surface area contributed by atoms with Gasteiger partial charge in [0.25, 0.3) is 12.2 Å². The Hall–Kier alpha value is -2.00. The van der Waals surface area contributed by atoms with Crippen molar-refractivity contribution in [3.8, 4) is 0 Å². The fourth-order valence-electron chi connectivity index (χ4n) is 1.73. The van der Waals surface area contributed by atoms with Gasteiger partial charge in [-0.2, -0.15) is 0 Å². The Morgan fingerprint density at radius 1 is 0.944 bits per heavy atom.